The quantitative estimate of drug-likeness (QED) is 0.686. The highest BCUT2D eigenvalue weighted by Gasteiger charge is 2.20. The molecule has 1 atom stereocenters. The Morgan fingerprint density at radius 2 is 2.00 bits per heavy atom. The van der Waals surface area contributed by atoms with Crippen molar-refractivity contribution >= 4 is 21.6 Å². The molecule has 2 heterocycles. The highest BCUT2D eigenvalue weighted by Crippen LogP contribution is 2.33. The van der Waals surface area contributed by atoms with Crippen molar-refractivity contribution < 1.29 is 5.11 Å². The Morgan fingerprint density at radius 3 is 2.78 bits per heavy atom. The van der Waals surface area contributed by atoms with E-state index in [9.17, 15) is 9.90 Å². The number of aliphatic hydroxyl groups excluding tert-OH is 1. The minimum absolute atomic E-state index is 0.0221. The number of nitrogens with zero attached hydrogens (tertiary/aromatic N) is 2. The van der Waals surface area contributed by atoms with E-state index < -0.39 is 6.10 Å². The normalized spacial score (nSPS) is 15.2. The summed E-state index contributed by atoms with van der Waals surface area (Å²) in [5, 5.41) is 10.7. The number of fused-ring (bicyclic) bond motifs is 3. The zero-order chi connectivity index (χ0) is 18.8. The summed E-state index contributed by atoms with van der Waals surface area (Å²) in [5.41, 5.74) is 2.37. The van der Waals surface area contributed by atoms with Gasteiger partial charge in [-0.15, -0.1) is 11.3 Å². The van der Waals surface area contributed by atoms with Crippen LogP contribution in [0, 0.1) is 0 Å². The highest BCUT2D eigenvalue weighted by molar-refractivity contribution is 7.18. The van der Waals surface area contributed by atoms with Crippen LogP contribution in [-0.4, -0.2) is 32.6 Å². The summed E-state index contributed by atoms with van der Waals surface area (Å²) >= 11 is 1.67. The number of benzene rings is 1. The van der Waals surface area contributed by atoms with Gasteiger partial charge in [-0.1, -0.05) is 30.3 Å². The van der Waals surface area contributed by atoms with E-state index in [2.05, 4.69) is 22.0 Å². The van der Waals surface area contributed by atoms with Crippen LogP contribution in [-0.2, 0) is 25.9 Å². The second kappa shape index (κ2) is 7.92. The first kappa shape index (κ1) is 18.3. The summed E-state index contributed by atoms with van der Waals surface area (Å²) in [6, 6.07) is 10.2. The van der Waals surface area contributed by atoms with Gasteiger partial charge in [-0.2, -0.15) is 0 Å². The lowest BCUT2D eigenvalue weighted by molar-refractivity contribution is 0.116. The monoisotopic (exact) mass is 383 g/mol. The summed E-state index contributed by atoms with van der Waals surface area (Å²) in [5.74, 6) is 0.669. The molecule has 0 saturated carbocycles. The summed E-state index contributed by atoms with van der Waals surface area (Å²) < 4.78 is 0. The van der Waals surface area contributed by atoms with Crippen molar-refractivity contribution in [1.29, 1.82) is 0 Å². The molecule has 142 valence electrons. The molecule has 1 aliphatic carbocycles. The number of hydrogen-bond donors (Lipinski definition) is 2. The number of thiophene rings is 1. The fourth-order valence-electron chi connectivity index (χ4n) is 3.90. The molecule has 5 nitrogen and oxygen atoms in total. The van der Waals surface area contributed by atoms with Crippen molar-refractivity contribution in [2.45, 2.75) is 51.8 Å². The minimum Gasteiger partial charge on any atom is -0.392 e. The fraction of sp³-hybridized carbons (Fsp3) is 0.429. The Kier molecular flexibility index (Phi) is 5.38. The van der Waals surface area contributed by atoms with Crippen LogP contribution in [0.4, 0.5) is 0 Å². The van der Waals surface area contributed by atoms with E-state index in [4.69, 9.17) is 4.98 Å². The van der Waals surface area contributed by atoms with Gasteiger partial charge in [0.2, 0.25) is 0 Å². The molecule has 6 heteroatoms. The van der Waals surface area contributed by atoms with E-state index in [0.717, 1.165) is 29.5 Å². The third-order valence-corrected chi connectivity index (χ3v) is 6.20. The van der Waals surface area contributed by atoms with Crippen LogP contribution in [0.1, 0.15) is 41.6 Å². The average molecular weight is 384 g/mol. The summed E-state index contributed by atoms with van der Waals surface area (Å²) in [6.07, 6.45) is 3.95. The number of aryl methyl sites for hydroxylation is 2. The molecule has 0 fully saturated rings. The predicted octanol–water partition coefficient (Wildman–Crippen LogP) is 3.25. The van der Waals surface area contributed by atoms with E-state index in [-0.39, 0.29) is 5.56 Å². The lowest BCUT2D eigenvalue weighted by Gasteiger charge is -2.23. The van der Waals surface area contributed by atoms with Crippen LogP contribution in [0.25, 0.3) is 10.2 Å². The van der Waals surface area contributed by atoms with Gasteiger partial charge in [0, 0.05) is 18.0 Å². The Bertz CT molecular complexity index is 978. The van der Waals surface area contributed by atoms with Gasteiger partial charge < -0.3 is 10.1 Å². The Morgan fingerprint density at radius 1 is 1.22 bits per heavy atom. The van der Waals surface area contributed by atoms with Crippen molar-refractivity contribution in [2.24, 2.45) is 0 Å². The van der Waals surface area contributed by atoms with Gasteiger partial charge in [0.15, 0.2) is 0 Å². The predicted molar refractivity (Wildman–Crippen MR) is 109 cm³/mol. The molecule has 27 heavy (non-hydrogen) atoms. The molecule has 4 rings (SSSR count). The minimum atomic E-state index is -0.446. The molecule has 2 N–H and O–H groups in total. The first-order chi connectivity index (χ1) is 13.1. The van der Waals surface area contributed by atoms with Crippen LogP contribution < -0.4 is 5.56 Å². The number of rotatable bonds is 6. The van der Waals surface area contributed by atoms with Crippen LogP contribution in [0.5, 0.6) is 0 Å². The van der Waals surface area contributed by atoms with Crippen LogP contribution >= 0.6 is 11.3 Å². The van der Waals surface area contributed by atoms with Gasteiger partial charge >= 0.3 is 0 Å². The molecule has 0 bridgehead atoms. The summed E-state index contributed by atoms with van der Waals surface area (Å²) in [4.78, 5) is 24.8. The topological polar surface area (TPSA) is 69.2 Å². The lowest BCUT2D eigenvalue weighted by Crippen LogP contribution is -2.31. The largest absolute Gasteiger partial charge is 0.392 e. The Labute approximate surface area is 162 Å². The number of H-pyrrole nitrogens is 1. The number of aromatic amines is 1. The third kappa shape index (κ3) is 4.13. The van der Waals surface area contributed by atoms with Crippen LogP contribution in [0.15, 0.2) is 35.1 Å². The molecule has 0 aliphatic heterocycles. The number of aliphatic hydroxyl groups is 1. The van der Waals surface area contributed by atoms with E-state index >= 15 is 0 Å². The average Bonchev–Trinajstić information content (AvgIpc) is 3.00. The molecule has 1 aliphatic rings. The molecule has 0 spiro atoms. The van der Waals surface area contributed by atoms with Gasteiger partial charge in [-0.3, -0.25) is 9.69 Å². The molecular formula is C21H25N3O2S. The maximum Gasteiger partial charge on any atom is 0.259 e. The standard InChI is InChI=1S/C21H25N3O2S/c1-14(25)11-24(12-15-7-3-2-4-8-15)13-18-22-20(26)19-16-9-5-6-10-17(16)27-21(19)23-18/h2-4,7-8,14,25H,5-6,9-13H2,1H3,(H,22,23,26)/t14-/m1/s1. The first-order valence-electron chi connectivity index (χ1n) is 9.58. The smallest absolute Gasteiger partial charge is 0.259 e. The van der Waals surface area contributed by atoms with Gasteiger partial charge in [0.25, 0.3) is 5.56 Å². The second-order valence-corrected chi connectivity index (χ2v) is 8.49. The zero-order valence-corrected chi connectivity index (χ0v) is 16.4. The van der Waals surface area contributed by atoms with Gasteiger partial charge in [-0.25, -0.2) is 4.98 Å². The molecule has 0 unspecified atom stereocenters. The van der Waals surface area contributed by atoms with Crippen molar-refractivity contribution in [3.63, 3.8) is 0 Å². The first-order valence-corrected chi connectivity index (χ1v) is 10.4. The number of aromatic nitrogens is 2. The SMILES string of the molecule is C[C@@H](O)CN(Cc1ccccc1)Cc1nc2sc3c(c2c(=O)[nH]1)CCCC3. The fourth-order valence-corrected chi connectivity index (χ4v) is 5.18. The third-order valence-electron chi connectivity index (χ3n) is 5.02. The zero-order valence-electron chi connectivity index (χ0n) is 15.6. The van der Waals surface area contributed by atoms with Crippen LogP contribution in [0.3, 0.4) is 0 Å². The van der Waals surface area contributed by atoms with Gasteiger partial charge in [-0.05, 0) is 43.7 Å². The molecule has 3 aromatic rings. The molecular weight excluding hydrogens is 358 g/mol. The van der Waals surface area contributed by atoms with E-state index in [1.165, 1.54) is 22.4 Å². The van der Waals surface area contributed by atoms with E-state index in [1.54, 1.807) is 18.3 Å². The lowest BCUT2D eigenvalue weighted by atomic mass is 9.97. The molecule has 2 aromatic heterocycles. The molecule has 1 aromatic carbocycles. The van der Waals surface area contributed by atoms with Crippen molar-refractivity contribution in [2.75, 3.05) is 6.54 Å². The number of hydrogen-bond acceptors (Lipinski definition) is 5. The Hall–Kier alpha value is -2.02. The second-order valence-electron chi connectivity index (χ2n) is 7.41. The van der Waals surface area contributed by atoms with Gasteiger partial charge in [0.05, 0.1) is 18.0 Å². The maximum absolute atomic E-state index is 12.7. The summed E-state index contributed by atoms with van der Waals surface area (Å²) in [6.45, 7) is 3.52. The highest BCUT2D eigenvalue weighted by atomic mass is 32.1. The van der Waals surface area contributed by atoms with Crippen LogP contribution in [0.2, 0.25) is 0 Å². The summed E-state index contributed by atoms with van der Waals surface area (Å²) in [7, 11) is 0. The Balaban J connectivity index is 1.62. The maximum atomic E-state index is 12.7. The van der Waals surface area contributed by atoms with Crippen molar-refractivity contribution in [1.82, 2.24) is 14.9 Å². The van der Waals surface area contributed by atoms with Crippen molar-refractivity contribution in [3.05, 3.63) is 62.5 Å². The van der Waals surface area contributed by atoms with Gasteiger partial charge in [0.1, 0.15) is 10.7 Å². The van der Waals surface area contributed by atoms with E-state index in [0.29, 0.717) is 25.5 Å². The molecule has 0 radical (unpaired) electrons. The number of nitrogens with one attached hydrogen (secondary N) is 1. The van der Waals surface area contributed by atoms with E-state index in [1.807, 2.05) is 18.2 Å². The molecule has 0 saturated heterocycles. The van der Waals surface area contributed by atoms with Crippen molar-refractivity contribution in [3.8, 4) is 0 Å². The molecule has 0 amide bonds.